The van der Waals surface area contributed by atoms with Gasteiger partial charge in [0.1, 0.15) is 0 Å². The minimum atomic E-state index is 0.212. The van der Waals surface area contributed by atoms with Crippen LogP contribution >= 0.6 is 0 Å². The van der Waals surface area contributed by atoms with E-state index in [1.807, 2.05) is 0 Å². The highest BCUT2D eigenvalue weighted by molar-refractivity contribution is 5.27. The molecular weight excluding hydrogens is 268 g/mol. The first-order valence-electron chi connectivity index (χ1n) is 8.95. The molecule has 0 aliphatic heterocycles. The van der Waals surface area contributed by atoms with Crippen molar-refractivity contribution in [3.63, 3.8) is 0 Å². The van der Waals surface area contributed by atoms with Crippen molar-refractivity contribution in [3.8, 4) is 0 Å². The van der Waals surface area contributed by atoms with Crippen LogP contribution in [0.3, 0.4) is 0 Å². The quantitative estimate of drug-likeness (QED) is 0.870. The summed E-state index contributed by atoms with van der Waals surface area (Å²) in [4.78, 5) is 0. The minimum Gasteiger partial charge on any atom is -0.311 e. The molecule has 3 rings (SSSR count). The lowest BCUT2D eigenvalue weighted by Gasteiger charge is -2.43. The molecule has 1 aromatic carbocycles. The maximum absolute atomic E-state index is 3.91. The van der Waals surface area contributed by atoms with Gasteiger partial charge in [-0.15, -0.1) is 0 Å². The number of hydrogen-bond acceptors (Lipinski definition) is 2. The molecule has 0 bridgehead atoms. The zero-order valence-corrected chi connectivity index (χ0v) is 14.7. The Kier molecular flexibility index (Phi) is 4.35. The lowest BCUT2D eigenvalue weighted by Crippen LogP contribution is -2.55. The maximum Gasteiger partial charge on any atom is 0.0159 e. The summed E-state index contributed by atoms with van der Waals surface area (Å²) in [5, 5.41) is 7.74. The van der Waals surface area contributed by atoms with E-state index >= 15 is 0 Å². The van der Waals surface area contributed by atoms with Crippen LogP contribution in [0.2, 0.25) is 0 Å². The highest BCUT2D eigenvalue weighted by Gasteiger charge is 2.41. The molecular formula is C20H32N2. The van der Waals surface area contributed by atoms with Crippen molar-refractivity contribution in [2.24, 2.45) is 0 Å². The second-order valence-corrected chi connectivity index (χ2v) is 8.74. The first-order chi connectivity index (χ1) is 10.3. The molecule has 0 spiro atoms. The fourth-order valence-electron chi connectivity index (χ4n) is 4.20. The molecule has 0 aromatic heterocycles. The van der Waals surface area contributed by atoms with Gasteiger partial charge in [-0.25, -0.2) is 0 Å². The van der Waals surface area contributed by atoms with Gasteiger partial charge in [0.05, 0.1) is 0 Å². The Morgan fingerprint density at radius 3 is 2.27 bits per heavy atom. The van der Waals surface area contributed by atoms with E-state index in [9.17, 15) is 0 Å². The van der Waals surface area contributed by atoms with Crippen molar-refractivity contribution >= 4 is 0 Å². The second-order valence-electron chi connectivity index (χ2n) is 8.74. The van der Waals surface area contributed by atoms with Gasteiger partial charge in [-0.05, 0) is 65.4 Å². The van der Waals surface area contributed by atoms with E-state index in [2.05, 4.69) is 68.7 Å². The van der Waals surface area contributed by atoms with Gasteiger partial charge in [-0.2, -0.15) is 0 Å². The van der Waals surface area contributed by atoms with Crippen molar-refractivity contribution in [1.29, 1.82) is 0 Å². The van der Waals surface area contributed by atoms with Crippen molar-refractivity contribution in [2.75, 3.05) is 0 Å². The smallest absolute Gasteiger partial charge is 0.0159 e. The largest absolute Gasteiger partial charge is 0.311 e. The van der Waals surface area contributed by atoms with Crippen LogP contribution < -0.4 is 10.6 Å². The number of rotatable bonds is 4. The molecule has 2 N–H and O–H groups in total. The van der Waals surface area contributed by atoms with Crippen LogP contribution in [0.25, 0.3) is 0 Å². The van der Waals surface area contributed by atoms with Gasteiger partial charge in [-0.3, -0.25) is 0 Å². The summed E-state index contributed by atoms with van der Waals surface area (Å²) in [6.07, 6.45) is 6.49. The summed E-state index contributed by atoms with van der Waals surface area (Å²) in [6, 6.07) is 12.4. The summed E-state index contributed by atoms with van der Waals surface area (Å²) in [7, 11) is 0. The monoisotopic (exact) mass is 300 g/mol. The van der Waals surface area contributed by atoms with Crippen molar-refractivity contribution in [2.45, 2.75) is 88.9 Å². The topological polar surface area (TPSA) is 24.1 Å². The molecule has 2 fully saturated rings. The number of hydrogen-bond donors (Lipinski definition) is 2. The third-order valence-corrected chi connectivity index (χ3v) is 5.23. The van der Waals surface area contributed by atoms with Crippen molar-refractivity contribution in [3.05, 3.63) is 35.9 Å². The molecule has 2 atom stereocenters. The third-order valence-electron chi connectivity index (χ3n) is 5.23. The van der Waals surface area contributed by atoms with Gasteiger partial charge in [0, 0.05) is 29.1 Å². The second kappa shape index (κ2) is 5.98. The molecule has 22 heavy (non-hydrogen) atoms. The van der Waals surface area contributed by atoms with Crippen LogP contribution in [0.1, 0.15) is 71.3 Å². The van der Waals surface area contributed by atoms with Crippen LogP contribution in [0.4, 0.5) is 0 Å². The standard InChI is InChI=1S/C20H32N2/c1-19(2,3)22-20(4)12-10-16(11-13-20)21-18-14-17(18)15-8-6-5-7-9-15/h5-9,16-18,21-22H,10-14H2,1-4H3/t16-,17-,18+,20+/m1/s1. The van der Waals surface area contributed by atoms with E-state index in [-0.39, 0.29) is 5.54 Å². The van der Waals surface area contributed by atoms with Gasteiger partial charge >= 0.3 is 0 Å². The summed E-state index contributed by atoms with van der Waals surface area (Å²) in [6.45, 7) is 9.23. The molecule has 122 valence electrons. The zero-order valence-electron chi connectivity index (χ0n) is 14.7. The Bertz CT molecular complexity index is 480. The predicted octanol–water partition coefficient (Wildman–Crippen LogP) is 4.22. The lowest BCUT2D eigenvalue weighted by molar-refractivity contribution is 0.176. The third kappa shape index (κ3) is 4.11. The highest BCUT2D eigenvalue weighted by Crippen LogP contribution is 2.42. The molecule has 0 unspecified atom stereocenters. The SMILES string of the molecule is CC(C)(C)N[C@]1(C)CC[C@H](N[C@H]2C[C@@H]2c2ccccc2)CC1. The Balaban J connectivity index is 1.46. The summed E-state index contributed by atoms with van der Waals surface area (Å²) in [5.74, 6) is 0.752. The van der Waals surface area contributed by atoms with Crippen LogP contribution in [-0.2, 0) is 0 Å². The normalized spacial score (nSPS) is 35.4. The van der Waals surface area contributed by atoms with Crippen LogP contribution in [0.15, 0.2) is 30.3 Å². The van der Waals surface area contributed by atoms with Crippen LogP contribution in [0.5, 0.6) is 0 Å². The van der Waals surface area contributed by atoms with Gasteiger partial charge < -0.3 is 10.6 Å². The molecule has 0 amide bonds. The van der Waals surface area contributed by atoms with E-state index in [0.717, 1.165) is 5.92 Å². The number of nitrogens with one attached hydrogen (secondary N) is 2. The highest BCUT2D eigenvalue weighted by atomic mass is 15.1. The zero-order chi connectivity index (χ0) is 15.8. The average molecular weight is 300 g/mol. The molecule has 0 heterocycles. The average Bonchev–Trinajstić information content (AvgIpc) is 3.20. The Hall–Kier alpha value is -0.860. The van der Waals surface area contributed by atoms with E-state index in [4.69, 9.17) is 0 Å². The predicted molar refractivity (Wildman–Crippen MR) is 94.3 cm³/mol. The van der Waals surface area contributed by atoms with E-state index in [1.54, 1.807) is 0 Å². The fourth-order valence-corrected chi connectivity index (χ4v) is 4.20. The Morgan fingerprint density at radius 2 is 1.68 bits per heavy atom. The number of benzene rings is 1. The van der Waals surface area contributed by atoms with E-state index in [0.29, 0.717) is 17.6 Å². The van der Waals surface area contributed by atoms with Crippen molar-refractivity contribution < 1.29 is 0 Å². The molecule has 2 aliphatic carbocycles. The summed E-state index contributed by atoms with van der Waals surface area (Å²) < 4.78 is 0. The fraction of sp³-hybridized carbons (Fsp3) is 0.700. The Morgan fingerprint density at radius 1 is 1.05 bits per heavy atom. The molecule has 1 aromatic rings. The molecule has 2 heteroatoms. The summed E-state index contributed by atoms with van der Waals surface area (Å²) >= 11 is 0. The first-order valence-corrected chi connectivity index (χ1v) is 8.95. The van der Waals surface area contributed by atoms with Crippen molar-refractivity contribution in [1.82, 2.24) is 10.6 Å². The van der Waals surface area contributed by atoms with Gasteiger partial charge in [0.2, 0.25) is 0 Å². The molecule has 0 radical (unpaired) electrons. The summed E-state index contributed by atoms with van der Waals surface area (Å²) in [5.41, 5.74) is 2.04. The van der Waals surface area contributed by atoms with Crippen LogP contribution in [-0.4, -0.2) is 23.2 Å². The Labute approximate surface area is 136 Å². The van der Waals surface area contributed by atoms with Gasteiger partial charge in [0.15, 0.2) is 0 Å². The van der Waals surface area contributed by atoms with Gasteiger partial charge in [-0.1, -0.05) is 30.3 Å². The first kappa shape index (κ1) is 16.0. The molecule has 2 nitrogen and oxygen atoms in total. The van der Waals surface area contributed by atoms with E-state index < -0.39 is 0 Å². The molecule has 0 saturated heterocycles. The maximum atomic E-state index is 3.91. The molecule has 2 saturated carbocycles. The lowest BCUT2D eigenvalue weighted by atomic mass is 9.79. The molecule has 2 aliphatic rings. The minimum absolute atomic E-state index is 0.212. The van der Waals surface area contributed by atoms with E-state index in [1.165, 1.54) is 37.7 Å². The van der Waals surface area contributed by atoms with Gasteiger partial charge in [0.25, 0.3) is 0 Å². The van der Waals surface area contributed by atoms with Crippen LogP contribution in [0, 0.1) is 0 Å².